The summed E-state index contributed by atoms with van der Waals surface area (Å²) in [4.78, 5) is 2.41. The molecule has 0 spiro atoms. The smallest absolute Gasteiger partial charge is 0.0407 e. The SMILES string of the molecule is ClCC=Cc1cccc(N2CCNCC2)c1. The highest BCUT2D eigenvalue weighted by molar-refractivity contribution is 6.19. The maximum absolute atomic E-state index is 5.63. The van der Waals surface area contributed by atoms with E-state index in [1.54, 1.807) is 0 Å². The van der Waals surface area contributed by atoms with Gasteiger partial charge in [-0.25, -0.2) is 0 Å². The van der Waals surface area contributed by atoms with Crippen molar-refractivity contribution in [3.63, 3.8) is 0 Å². The molecule has 0 aliphatic carbocycles. The van der Waals surface area contributed by atoms with E-state index >= 15 is 0 Å². The van der Waals surface area contributed by atoms with Crippen LogP contribution in [0.4, 0.5) is 5.69 Å². The van der Waals surface area contributed by atoms with Gasteiger partial charge in [0, 0.05) is 37.7 Å². The van der Waals surface area contributed by atoms with Gasteiger partial charge in [0.1, 0.15) is 0 Å². The highest BCUT2D eigenvalue weighted by Crippen LogP contribution is 2.17. The largest absolute Gasteiger partial charge is 0.369 e. The van der Waals surface area contributed by atoms with Crippen LogP contribution in [-0.2, 0) is 0 Å². The maximum atomic E-state index is 5.63. The minimum atomic E-state index is 0.567. The average Bonchev–Trinajstić information content (AvgIpc) is 2.38. The summed E-state index contributed by atoms with van der Waals surface area (Å²) in [7, 11) is 0. The molecule has 1 fully saturated rings. The fraction of sp³-hybridized carbons (Fsp3) is 0.385. The molecule has 2 nitrogen and oxygen atoms in total. The first kappa shape index (κ1) is 11.5. The molecule has 0 unspecified atom stereocenters. The number of piperazine rings is 1. The van der Waals surface area contributed by atoms with Crippen LogP contribution < -0.4 is 10.2 Å². The second kappa shape index (κ2) is 5.92. The molecule has 1 aliphatic heterocycles. The Kier molecular flexibility index (Phi) is 4.25. The zero-order valence-electron chi connectivity index (χ0n) is 9.32. The van der Waals surface area contributed by atoms with Crippen LogP contribution in [0.5, 0.6) is 0 Å². The minimum absolute atomic E-state index is 0.567. The Balaban J connectivity index is 2.11. The predicted molar refractivity (Wildman–Crippen MR) is 71.3 cm³/mol. The molecule has 1 aromatic carbocycles. The molecule has 86 valence electrons. The van der Waals surface area contributed by atoms with Gasteiger partial charge in [-0.05, 0) is 17.7 Å². The quantitative estimate of drug-likeness (QED) is 0.811. The molecule has 3 heteroatoms. The maximum Gasteiger partial charge on any atom is 0.0407 e. The van der Waals surface area contributed by atoms with E-state index in [-0.39, 0.29) is 0 Å². The third kappa shape index (κ3) is 3.00. The van der Waals surface area contributed by atoms with Gasteiger partial charge in [-0.1, -0.05) is 24.3 Å². The van der Waals surface area contributed by atoms with E-state index in [0.29, 0.717) is 5.88 Å². The van der Waals surface area contributed by atoms with Crippen molar-refractivity contribution in [2.75, 3.05) is 37.0 Å². The van der Waals surface area contributed by atoms with Crippen molar-refractivity contribution < 1.29 is 0 Å². The molecule has 0 saturated carbocycles. The molecule has 0 bridgehead atoms. The van der Waals surface area contributed by atoms with E-state index in [4.69, 9.17) is 11.6 Å². The summed E-state index contributed by atoms with van der Waals surface area (Å²) < 4.78 is 0. The van der Waals surface area contributed by atoms with Crippen LogP contribution in [0.1, 0.15) is 5.56 Å². The van der Waals surface area contributed by atoms with Crippen molar-refractivity contribution in [1.82, 2.24) is 5.32 Å². The summed E-state index contributed by atoms with van der Waals surface area (Å²) in [5, 5.41) is 3.36. The molecule has 0 radical (unpaired) electrons. The second-order valence-electron chi connectivity index (χ2n) is 3.89. The zero-order valence-corrected chi connectivity index (χ0v) is 10.1. The third-order valence-electron chi connectivity index (χ3n) is 2.75. The number of allylic oxidation sites excluding steroid dienone is 1. The van der Waals surface area contributed by atoms with Crippen molar-refractivity contribution in [2.24, 2.45) is 0 Å². The summed E-state index contributed by atoms with van der Waals surface area (Å²) in [5.41, 5.74) is 2.52. The number of hydrogen-bond donors (Lipinski definition) is 1. The van der Waals surface area contributed by atoms with Gasteiger partial charge in [0.05, 0.1) is 0 Å². The summed E-state index contributed by atoms with van der Waals surface area (Å²) in [5.74, 6) is 0.567. The highest BCUT2D eigenvalue weighted by Gasteiger charge is 2.09. The summed E-state index contributed by atoms with van der Waals surface area (Å²) in [6, 6.07) is 8.59. The van der Waals surface area contributed by atoms with E-state index in [9.17, 15) is 0 Å². The fourth-order valence-corrected chi connectivity index (χ4v) is 2.02. The lowest BCUT2D eigenvalue weighted by atomic mass is 10.1. The molecule has 16 heavy (non-hydrogen) atoms. The predicted octanol–water partition coefficient (Wildman–Crippen LogP) is 2.35. The lowest BCUT2D eigenvalue weighted by Gasteiger charge is -2.29. The van der Waals surface area contributed by atoms with Crippen LogP contribution in [0.3, 0.4) is 0 Å². The Morgan fingerprint density at radius 1 is 1.31 bits per heavy atom. The fourth-order valence-electron chi connectivity index (χ4n) is 1.93. The molecule has 1 aromatic rings. The number of hydrogen-bond acceptors (Lipinski definition) is 2. The molecule has 0 atom stereocenters. The van der Waals surface area contributed by atoms with Crippen molar-refractivity contribution in [2.45, 2.75) is 0 Å². The van der Waals surface area contributed by atoms with Crippen LogP contribution in [0.15, 0.2) is 30.3 Å². The van der Waals surface area contributed by atoms with Gasteiger partial charge in [-0.2, -0.15) is 0 Å². The van der Waals surface area contributed by atoms with Gasteiger partial charge in [0.2, 0.25) is 0 Å². The monoisotopic (exact) mass is 236 g/mol. The van der Waals surface area contributed by atoms with Crippen LogP contribution in [0.25, 0.3) is 6.08 Å². The molecular formula is C13H17ClN2. The number of benzene rings is 1. The lowest BCUT2D eigenvalue weighted by Crippen LogP contribution is -2.43. The lowest BCUT2D eigenvalue weighted by molar-refractivity contribution is 0.589. The Labute approximate surface area is 102 Å². The number of anilines is 1. The van der Waals surface area contributed by atoms with Gasteiger partial charge in [0.15, 0.2) is 0 Å². The van der Waals surface area contributed by atoms with Crippen LogP contribution in [0.2, 0.25) is 0 Å². The highest BCUT2D eigenvalue weighted by atomic mass is 35.5. The molecule has 0 aromatic heterocycles. The van der Waals surface area contributed by atoms with Crippen LogP contribution >= 0.6 is 11.6 Å². The Bertz CT molecular complexity index is 357. The van der Waals surface area contributed by atoms with Gasteiger partial charge < -0.3 is 10.2 Å². The average molecular weight is 237 g/mol. The first-order valence-electron chi connectivity index (χ1n) is 5.68. The minimum Gasteiger partial charge on any atom is -0.369 e. The number of nitrogens with one attached hydrogen (secondary N) is 1. The molecule has 0 amide bonds. The van der Waals surface area contributed by atoms with Crippen LogP contribution in [0, 0.1) is 0 Å². The molecule has 1 saturated heterocycles. The molecule has 1 aliphatic rings. The number of rotatable bonds is 3. The van der Waals surface area contributed by atoms with Gasteiger partial charge in [0.25, 0.3) is 0 Å². The summed E-state index contributed by atoms with van der Waals surface area (Å²) >= 11 is 5.63. The Morgan fingerprint density at radius 2 is 2.12 bits per heavy atom. The normalized spacial score (nSPS) is 16.9. The summed E-state index contributed by atoms with van der Waals surface area (Å²) in [6.07, 6.45) is 4.04. The molecule has 2 rings (SSSR count). The third-order valence-corrected chi connectivity index (χ3v) is 2.93. The van der Waals surface area contributed by atoms with Crippen molar-refractivity contribution in [1.29, 1.82) is 0 Å². The molecular weight excluding hydrogens is 220 g/mol. The number of alkyl halides is 1. The first-order chi connectivity index (χ1) is 7.90. The molecule has 1 N–H and O–H groups in total. The number of halogens is 1. The number of nitrogens with zero attached hydrogens (tertiary/aromatic N) is 1. The van der Waals surface area contributed by atoms with Crippen molar-refractivity contribution >= 4 is 23.4 Å². The van der Waals surface area contributed by atoms with Crippen molar-refractivity contribution in [3.05, 3.63) is 35.9 Å². The van der Waals surface area contributed by atoms with Crippen LogP contribution in [-0.4, -0.2) is 32.1 Å². The standard InChI is InChI=1S/C13H17ClN2/c14-6-2-4-12-3-1-5-13(11-12)16-9-7-15-8-10-16/h1-5,11,15H,6-10H2. The Morgan fingerprint density at radius 3 is 2.88 bits per heavy atom. The van der Waals surface area contributed by atoms with E-state index in [0.717, 1.165) is 26.2 Å². The van der Waals surface area contributed by atoms with Crippen molar-refractivity contribution in [3.8, 4) is 0 Å². The summed E-state index contributed by atoms with van der Waals surface area (Å²) in [6.45, 7) is 4.31. The van der Waals surface area contributed by atoms with Gasteiger partial charge in [-0.15, -0.1) is 11.6 Å². The Hall–Kier alpha value is -0.990. The molecule has 1 heterocycles. The van der Waals surface area contributed by atoms with Gasteiger partial charge in [-0.3, -0.25) is 0 Å². The first-order valence-corrected chi connectivity index (χ1v) is 6.22. The zero-order chi connectivity index (χ0) is 11.2. The van der Waals surface area contributed by atoms with E-state index in [1.807, 2.05) is 6.08 Å². The van der Waals surface area contributed by atoms with E-state index in [2.05, 4.69) is 40.6 Å². The second-order valence-corrected chi connectivity index (χ2v) is 4.20. The van der Waals surface area contributed by atoms with Gasteiger partial charge >= 0.3 is 0 Å². The topological polar surface area (TPSA) is 15.3 Å². The van der Waals surface area contributed by atoms with E-state index in [1.165, 1.54) is 11.3 Å². The van der Waals surface area contributed by atoms with E-state index < -0.39 is 0 Å².